The summed E-state index contributed by atoms with van der Waals surface area (Å²) in [7, 11) is 6.15. The van der Waals surface area contributed by atoms with Gasteiger partial charge in [-0.3, -0.25) is 4.99 Å². The van der Waals surface area contributed by atoms with Crippen molar-refractivity contribution in [3.63, 3.8) is 0 Å². The zero-order chi connectivity index (χ0) is 17.0. The largest absolute Gasteiger partial charge is 0.352 e. The third-order valence-corrected chi connectivity index (χ3v) is 5.66. The van der Waals surface area contributed by atoms with Crippen molar-refractivity contribution in [1.29, 1.82) is 0 Å². The first-order chi connectivity index (χ1) is 11.6. The minimum atomic E-state index is 0.584. The maximum atomic E-state index is 4.55. The van der Waals surface area contributed by atoms with Crippen molar-refractivity contribution in [3.05, 3.63) is 35.4 Å². The predicted molar refractivity (Wildman–Crippen MR) is 101 cm³/mol. The topological polar surface area (TPSA) is 30.9 Å². The summed E-state index contributed by atoms with van der Waals surface area (Å²) in [5.74, 6) is 1.07. The van der Waals surface area contributed by atoms with Crippen molar-refractivity contribution in [2.24, 2.45) is 10.4 Å². The van der Waals surface area contributed by atoms with Crippen LogP contribution in [0.1, 0.15) is 43.2 Å². The van der Waals surface area contributed by atoms with Gasteiger partial charge in [0.1, 0.15) is 0 Å². The first-order valence-electron chi connectivity index (χ1n) is 9.29. The monoisotopic (exact) mass is 328 g/mol. The van der Waals surface area contributed by atoms with Crippen molar-refractivity contribution in [2.75, 3.05) is 34.2 Å². The maximum absolute atomic E-state index is 4.55. The molecule has 1 aromatic carbocycles. The summed E-state index contributed by atoms with van der Waals surface area (Å²) < 4.78 is 0. The Morgan fingerprint density at radius 2 is 1.88 bits per heavy atom. The third-order valence-electron chi connectivity index (χ3n) is 5.66. The zero-order valence-electron chi connectivity index (χ0n) is 15.5. The van der Waals surface area contributed by atoms with Crippen LogP contribution in [0.5, 0.6) is 0 Å². The molecule has 1 aliphatic carbocycles. The molecule has 0 amide bonds. The van der Waals surface area contributed by atoms with Crippen LogP contribution >= 0.6 is 0 Å². The zero-order valence-corrected chi connectivity index (χ0v) is 15.5. The van der Waals surface area contributed by atoms with E-state index in [0.717, 1.165) is 25.6 Å². The van der Waals surface area contributed by atoms with Gasteiger partial charge in [-0.2, -0.15) is 0 Å². The molecule has 1 N–H and O–H groups in total. The molecule has 2 aliphatic rings. The molecular weight excluding hydrogens is 296 g/mol. The number of aliphatic imine (C=N–C) groups is 1. The highest BCUT2D eigenvalue weighted by atomic mass is 15.3. The first-order valence-corrected chi connectivity index (χ1v) is 9.29. The molecule has 2 fully saturated rings. The van der Waals surface area contributed by atoms with Crippen molar-refractivity contribution in [3.8, 4) is 0 Å². The summed E-state index contributed by atoms with van der Waals surface area (Å²) in [6, 6.07) is 8.70. The maximum Gasteiger partial charge on any atom is 0.193 e. The van der Waals surface area contributed by atoms with E-state index < -0.39 is 0 Å². The van der Waals surface area contributed by atoms with Gasteiger partial charge < -0.3 is 15.1 Å². The van der Waals surface area contributed by atoms with Crippen LogP contribution in [0.15, 0.2) is 29.3 Å². The van der Waals surface area contributed by atoms with Crippen LogP contribution in [-0.2, 0) is 13.1 Å². The van der Waals surface area contributed by atoms with Gasteiger partial charge in [0.25, 0.3) is 0 Å². The van der Waals surface area contributed by atoms with E-state index >= 15 is 0 Å². The lowest BCUT2D eigenvalue weighted by Crippen LogP contribution is -2.40. The molecule has 0 atom stereocenters. The average molecular weight is 329 g/mol. The van der Waals surface area contributed by atoms with Crippen molar-refractivity contribution in [2.45, 2.75) is 45.2 Å². The molecule has 1 spiro atoms. The molecule has 1 aromatic rings. The number of hydrogen-bond donors (Lipinski definition) is 1. The summed E-state index contributed by atoms with van der Waals surface area (Å²) in [4.78, 5) is 9.24. The number of nitrogens with zero attached hydrogens (tertiary/aromatic N) is 3. The molecule has 4 heteroatoms. The van der Waals surface area contributed by atoms with Crippen LogP contribution < -0.4 is 5.32 Å². The molecule has 132 valence electrons. The Balaban J connectivity index is 1.61. The van der Waals surface area contributed by atoms with E-state index in [0.29, 0.717) is 5.41 Å². The molecule has 1 heterocycles. The van der Waals surface area contributed by atoms with Crippen LogP contribution in [0, 0.1) is 5.41 Å². The second kappa shape index (κ2) is 7.56. The molecule has 4 nitrogen and oxygen atoms in total. The molecule has 24 heavy (non-hydrogen) atoms. The van der Waals surface area contributed by atoms with Gasteiger partial charge in [0.15, 0.2) is 5.96 Å². The molecule has 1 saturated carbocycles. The Morgan fingerprint density at radius 3 is 2.54 bits per heavy atom. The molecule has 0 aromatic heterocycles. The highest BCUT2D eigenvalue weighted by molar-refractivity contribution is 5.80. The first kappa shape index (κ1) is 17.3. The van der Waals surface area contributed by atoms with E-state index in [1.807, 2.05) is 7.05 Å². The van der Waals surface area contributed by atoms with Crippen LogP contribution in [-0.4, -0.2) is 50.0 Å². The summed E-state index contributed by atoms with van der Waals surface area (Å²) in [6.07, 6.45) is 6.98. The van der Waals surface area contributed by atoms with Crippen molar-refractivity contribution in [1.82, 2.24) is 15.1 Å². The second-order valence-electron chi connectivity index (χ2n) is 7.79. The van der Waals surface area contributed by atoms with Gasteiger partial charge in [-0.1, -0.05) is 37.1 Å². The minimum absolute atomic E-state index is 0.584. The normalized spacial score (nSPS) is 20.3. The second-order valence-corrected chi connectivity index (χ2v) is 7.79. The average Bonchev–Trinajstić information content (AvgIpc) is 3.20. The van der Waals surface area contributed by atoms with E-state index in [-0.39, 0.29) is 0 Å². The SMILES string of the molecule is CN=C(NCc1ccccc1CN(C)C)N1CCC2(CCCC2)C1. The van der Waals surface area contributed by atoms with Gasteiger partial charge >= 0.3 is 0 Å². The Hall–Kier alpha value is -1.55. The summed E-state index contributed by atoms with van der Waals surface area (Å²) in [5.41, 5.74) is 3.33. The number of guanidine groups is 1. The van der Waals surface area contributed by atoms with Crippen molar-refractivity contribution < 1.29 is 0 Å². The minimum Gasteiger partial charge on any atom is -0.352 e. The van der Waals surface area contributed by atoms with Gasteiger partial charge in [0, 0.05) is 33.2 Å². The van der Waals surface area contributed by atoms with Crippen LogP contribution in [0.3, 0.4) is 0 Å². The van der Waals surface area contributed by atoms with Crippen LogP contribution in [0.2, 0.25) is 0 Å². The molecule has 1 saturated heterocycles. The van der Waals surface area contributed by atoms with Gasteiger partial charge in [0.05, 0.1) is 0 Å². The fourth-order valence-corrected chi connectivity index (χ4v) is 4.38. The van der Waals surface area contributed by atoms with E-state index in [1.165, 1.54) is 49.8 Å². The number of nitrogens with one attached hydrogen (secondary N) is 1. The van der Waals surface area contributed by atoms with E-state index in [1.54, 1.807) is 0 Å². The lowest BCUT2D eigenvalue weighted by Gasteiger charge is -2.26. The highest BCUT2D eigenvalue weighted by Crippen LogP contribution is 2.45. The van der Waals surface area contributed by atoms with Gasteiger partial charge in [-0.05, 0) is 49.9 Å². The quantitative estimate of drug-likeness (QED) is 0.681. The van der Waals surface area contributed by atoms with E-state index in [2.05, 4.69) is 58.5 Å². The number of hydrogen-bond acceptors (Lipinski definition) is 2. The lowest BCUT2D eigenvalue weighted by atomic mass is 9.86. The van der Waals surface area contributed by atoms with E-state index in [9.17, 15) is 0 Å². The Kier molecular flexibility index (Phi) is 5.44. The molecule has 0 radical (unpaired) electrons. The van der Waals surface area contributed by atoms with Gasteiger partial charge in [-0.25, -0.2) is 0 Å². The Bertz CT molecular complexity index is 573. The highest BCUT2D eigenvalue weighted by Gasteiger charge is 2.41. The van der Waals surface area contributed by atoms with Crippen molar-refractivity contribution >= 4 is 5.96 Å². The predicted octanol–water partition coefficient (Wildman–Crippen LogP) is 3.09. The standard InChI is InChI=1S/C20H32N4/c1-21-19(24-13-12-20(16-24)10-6-7-11-20)22-14-17-8-4-5-9-18(17)15-23(2)3/h4-5,8-9H,6-7,10-16H2,1-3H3,(H,21,22). The molecule has 0 unspecified atom stereocenters. The molecule has 1 aliphatic heterocycles. The fraction of sp³-hybridized carbons (Fsp3) is 0.650. The molecule has 3 rings (SSSR count). The summed E-state index contributed by atoms with van der Waals surface area (Å²) in [5, 5.41) is 3.61. The van der Waals surface area contributed by atoms with E-state index in [4.69, 9.17) is 0 Å². The molecule has 0 bridgehead atoms. The van der Waals surface area contributed by atoms with Gasteiger partial charge in [0.2, 0.25) is 0 Å². The number of likely N-dealkylation sites (tertiary alicyclic amines) is 1. The lowest BCUT2D eigenvalue weighted by molar-refractivity contribution is 0.309. The van der Waals surface area contributed by atoms with Crippen LogP contribution in [0.4, 0.5) is 0 Å². The Labute approximate surface area is 146 Å². The fourth-order valence-electron chi connectivity index (χ4n) is 4.38. The summed E-state index contributed by atoms with van der Waals surface area (Å²) in [6.45, 7) is 4.16. The summed E-state index contributed by atoms with van der Waals surface area (Å²) >= 11 is 0. The van der Waals surface area contributed by atoms with Crippen LogP contribution in [0.25, 0.3) is 0 Å². The number of benzene rings is 1. The number of rotatable bonds is 4. The van der Waals surface area contributed by atoms with Gasteiger partial charge in [-0.15, -0.1) is 0 Å². The third kappa shape index (κ3) is 3.92. The molecular formula is C20H32N4. The Morgan fingerprint density at radius 1 is 1.17 bits per heavy atom. The smallest absolute Gasteiger partial charge is 0.193 e.